The first kappa shape index (κ1) is 18.1. The summed E-state index contributed by atoms with van der Waals surface area (Å²) in [6, 6.07) is 17.5. The van der Waals surface area contributed by atoms with Crippen molar-refractivity contribution in [2.75, 3.05) is 12.4 Å². The number of anilines is 1. The number of carbonyl (C=O) groups excluding carboxylic acids is 1. The van der Waals surface area contributed by atoms with Gasteiger partial charge in [-0.15, -0.1) is 0 Å². The van der Waals surface area contributed by atoms with Crippen LogP contribution in [0.1, 0.15) is 12.5 Å². The van der Waals surface area contributed by atoms with Crippen molar-refractivity contribution in [3.63, 3.8) is 0 Å². The highest BCUT2D eigenvalue weighted by Gasteiger charge is 2.17. The summed E-state index contributed by atoms with van der Waals surface area (Å²) in [4.78, 5) is 16.9. The van der Waals surface area contributed by atoms with E-state index < -0.39 is 0 Å². The van der Waals surface area contributed by atoms with Crippen molar-refractivity contribution in [2.24, 2.45) is 0 Å². The number of nitrogens with one attached hydrogen (secondary N) is 1. The van der Waals surface area contributed by atoms with Gasteiger partial charge < -0.3 is 14.6 Å². The number of thioether (sulfide) groups is 1. The summed E-state index contributed by atoms with van der Waals surface area (Å²) in [6.45, 7) is 2.61. The fourth-order valence-electron chi connectivity index (χ4n) is 2.47. The Morgan fingerprint density at radius 2 is 2.04 bits per heavy atom. The second kappa shape index (κ2) is 8.58. The Morgan fingerprint density at radius 3 is 2.81 bits per heavy atom. The smallest absolute Gasteiger partial charge is 0.237 e. The lowest BCUT2D eigenvalue weighted by Crippen LogP contribution is -2.23. The van der Waals surface area contributed by atoms with Crippen molar-refractivity contribution in [1.29, 1.82) is 0 Å². The summed E-state index contributed by atoms with van der Waals surface area (Å²) < 4.78 is 7.24. The number of aromatic nitrogens is 2. The number of ether oxygens (including phenoxy) is 1. The molecule has 3 aromatic rings. The minimum Gasteiger partial charge on any atom is -0.497 e. The van der Waals surface area contributed by atoms with Crippen LogP contribution in [-0.2, 0) is 11.3 Å². The van der Waals surface area contributed by atoms with E-state index in [0.717, 1.165) is 17.4 Å². The van der Waals surface area contributed by atoms with E-state index in [9.17, 15) is 4.79 Å². The van der Waals surface area contributed by atoms with Crippen molar-refractivity contribution in [1.82, 2.24) is 9.55 Å². The van der Waals surface area contributed by atoms with Crippen LogP contribution >= 0.6 is 11.8 Å². The number of nitrogens with zero attached hydrogens (tertiary/aromatic N) is 2. The van der Waals surface area contributed by atoms with Gasteiger partial charge in [0.25, 0.3) is 0 Å². The molecular formula is C20H21N3O2S. The molecule has 1 aromatic heterocycles. The van der Waals surface area contributed by atoms with Gasteiger partial charge in [-0.3, -0.25) is 4.79 Å². The zero-order valence-electron chi connectivity index (χ0n) is 14.8. The Labute approximate surface area is 157 Å². The molecule has 3 rings (SSSR count). The molecule has 0 fully saturated rings. The topological polar surface area (TPSA) is 56.1 Å². The van der Waals surface area contributed by atoms with E-state index in [1.165, 1.54) is 17.3 Å². The van der Waals surface area contributed by atoms with Crippen LogP contribution in [0.3, 0.4) is 0 Å². The van der Waals surface area contributed by atoms with Gasteiger partial charge in [-0.25, -0.2) is 4.98 Å². The third-order valence-corrected chi connectivity index (χ3v) is 4.98. The molecule has 1 amide bonds. The molecule has 0 saturated carbocycles. The number of methoxy groups -OCH3 is 1. The van der Waals surface area contributed by atoms with Gasteiger partial charge in [0, 0.05) is 30.7 Å². The molecule has 0 aliphatic heterocycles. The number of amides is 1. The van der Waals surface area contributed by atoms with Gasteiger partial charge in [-0.05, 0) is 24.6 Å². The number of imidazole rings is 1. The lowest BCUT2D eigenvalue weighted by molar-refractivity contribution is -0.115. The molecule has 0 bridgehead atoms. The molecule has 134 valence electrons. The summed E-state index contributed by atoms with van der Waals surface area (Å²) >= 11 is 1.44. The maximum atomic E-state index is 12.5. The van der Waals surface area contributed by atoms with Gasteiger partial charge in [0.1, 0.15) is 5.75 Å². The molecule has 5 nitrogen and oxygen atoms in total. The monoisotopic (exact) mass is 367 g/mol. The highest BCUT2D eigenvalue weighted by Crippen LogP contribution is 2.24. The van der Waals surface area contributed by atoms with Crippen LogP contribution in [0.15, 0.2) is 72.1 Å². The number of benzene rings is 2. The fraction of sp³-hybridized carbons (Fsp3) is 0.200. The Morgan fingerprint density at radius 1 is 1.23 bits per heavy atom. The summed E-state index contributed by atoms with van der Waals surface area (Å²) in [7, 11) is 1.60. The molecular weight excluding hydrogens is 346 g/mol. The SMILES string of the molecule is COc1cccc(NC(=O)C(C)Sc2nccn2Cc2ccccc2)c1. The summed E-state index contributed by atoms with van der Waals surface area (Å²) in [5.74, 6) is 0.638. The van der Waals surface area contributed by atoms with E-state index in [4.69, 9.17) is 4.74 Å². The van der Waals surface area contributed by atoms with Crippen molar-refractivity contribution in [2.45, 2.75) is 23.9 Å². The predicted octanol–water partition coefficient (Wildman–Crippen LogP) is 4.06. The number of rotatable bonds is 7. The Bertz CT molecular complexity index is 864. The van der Waals surface area contributed by atoms with Gasteiger partial charge in [0.05, 0.1) is 12.4 Å². The Hall–Kier alpha value is -2.73. The second-order valence-corrected chi connectivity index (χ2v) is 7.11. The number of hydrogen-bond donors (Lipinski definition) is 1. The Balaban J connectivity index is 1.63. The van der Waals surface area contributed by atoms with E-state index in [0.29, 0.717) is 5.75 Å². The first-order valence-corrected chi connectivity index (χ1v) is 9.20. The minimum atomic E-state index is -0.280. The molecule has 26 heavy (non-hydrogen) atoms. The molecule has 1 unspecified atom stereocenters. The number of hydrogen-bond acceptors (Lipinski definition) is 4. The molecule has 1 heterocycles. The standard InChI is InChI=1S/C20H21N3O2S/c1-15(19(24)22-17-9-6-10-18(13-17)25-2)26-20-21-11-12-23(20)14-16-7-4-3-5-8-16/h3-13,15H,14H2,1-2H3,(H,22,24). The normalized spacial score (nSPS) is 11.8. The zero-order chi connectivity index (χ0) is 18.4. The first-order valence-electron chi connectivity index (χ1n) is 8.32. The van der Waals surface area contributed by atoms with E-state index in [1.54, 1.807) is 19.4 Å². The molecule has 0 radical (unpaired) electrons. The minimum absolute atomic E-state index is 0.0717. The Kier molecular flexibility index (Phi) is 5.96. The maximum Gasteiger partial charge on any atom is 0.237 e. The third-order valence-electron chi connectivity index (χ3n) is 3.86. The van der Waals surface area contributed by atoms with Crippen LogP contribution in [0.4, 0.5) is 5.69 Å². The first-order chi connectivity index (χ1) is 12.7. The van der Waals surface area contributed by atoms with Crippen molar-refractivity contribution in [3.05, 3.63) is 72.6 Å². The molecule has 1 atom stereocenters. The predicted molar refractivity (Wildman–Crippen MR) is 105 cm³/mol. The van der Waals surface area contributed by atoms with Gasteiger partial charge in [-0.2, -0.15) is 0 Å². The van der Waals surface area contributed by atoms with E-state index in [-0.39, 0.29) is 11.2 Å². The van der Waals surface area contributed by atoms with Crippen molar-refractivity contribution < 1.29 is 9.53 Å². The maximum absolute atomic E-state index is 12.5. The summed E-state index contributed by atoms with van der Waals surface area (Å²) in [5.41, 5.74) is 1.91. The van der Waals surface area contributed by atoms with Crippen LogP contribution in [0.2, 0.25) is 0 Å². The lowest BCUT2D eigenvalue weighted by atomic mass is 10.2. The summed E-state index contributed by atoms with van der Waals surface area (Å²) in [6.07, 6.45) is 3.69. The van der Waals surface area contributed by atoms with Crippen LogP contribution in [-0.4, -0.2) is 27.8 Å². The van der Waals surface area contributed by atoms with E-state index in [2.05, 4.69) is 27.0 Å². The van der Waals surface area contributed by atoms with Crippen LogP contribution in [0.5, 0.6) is 5.75 Å². The fourth-order valence-corrected chi connectivity index (χ4v) is 3.34. The average Bonchev–Trinajstić information content (AvgIpc) is 3.09. The molecule has 0 saturated heterocycles. The van der Waals surface area contributed by atoms with Gasteiger partial charge in [0.2, 0.25) is 5.91 Å². The summed E-state index contributed by atoms with van der Waals surface area (Å²) in [5, 5.41) is 3.46. The van der Waals surface area contributed by atoms with Crippen LogP contribution in [0, 0.1) is 0 Å². The molecule has 0 spiro atoms. The van der Waals surface area contributed by atoms with Crippen molar-refractivity contribution >= 4 is 23.4 Å². The van der Waals surface area contributed by atoms with Gasteiger partial charge in [0.15, 0.2) is 5.16 Å². The average molecular weight is 367 g/mol. The highest BCUT2D eigenvalue weighted by molar-refractivity contribution is 8.00. The number of carbonyl (C=O) groups is 1. The van der Waals surface area contributed by atoms with Gasteiger partial charge in [-0.1, -0.05) is 48.2 Å². The van der Waals surface area contributed by atoms with Crippen LogP contribution < -0.4 is 10.1 Å². The van der Waals surface area contributed by atoms with Crippen LogP contribution in [0.25, 0.3) is 0 Å². The van der Waals surface area contributed by atoms with E-state index in [1.807, 2.05) is 49.5 Å². The zero-order valence-corrected chi connectivity index (χ0v) is 15.6. The van der Waals surface area contributed by atoms with Gasteiger partial charge >= 0.3 is 0 Å². The quantitative estimate of drug-likeness (QED) is 0.640. The lowest BCUT2D eigenvalue weighted by Gasteiger charge is -2.13. The molecule has 0 aliphatic rings. The molecule has 0 aliphatic carbocycles. The molecule has 6 heteroatoms. The molecule has 1 N–H and O–H groups in total. The third kappa shape index (κ3) is 4.67. The van der Waals surface area contributed by atoms with E-state index >= 15 is 0 Å². The molecule has 2 aromatic carbocycles. The second-order valence-electron chi connectivity index (χ2n) is 5.80. The largest absolute Gasteiger partial charge is 0.497 e. The van der Waals surface area contributed by atoms with Crippen molar-refractivity contribution in [3.8, 4) is 5.75 Å². The highest BCUT2D eigenvalue weighted by atomic mass is 32.2.